The summed E-state index contributed by atoms with van der Waals surface area (Å²) in [6, 6.07) is 0. The van der Waals surface area contributed by atoms with Crippen LogP contribution in [0.1, 0.15) is 0 Å². The van der Waals surface area contributed by atoms with Crippen molar-refractivity contribution in [3.8, 4) is 0 Å². The van der Waals surface area contributed by atoms with E-state index in [1.807, 2.05) is 0 Å². The Kier molecular flexibility index (Phi) is 15.8. The number of hydrogen-bond acceptors (Lipinski definition) is 0. The first-order chi connectivity index (χ1) is 1.73. The van der Waals surface area contributed by atoms with Crippen molar-refractivity contribution in [3.05, 3.63) is 0 Å². The predicted molar refractivity (Wildman–Crippen MR) is 23.3 cm³/mol. The third kappa shape index (κ3) is 19.1. The minimum atomic E-state index is -1.92. The van der Waals surface area contributed by atoms with Crippen LogP contribution in [-0.4, -0.2) is 51.4 Å². The van der Waals surface area contributed by atoms with Crippen molar-refractivity contribution < 1.29 is 13.5 Å². The summed E-state index contributed by atoms with van der Waals surface area (Å²) in [5.41, 5.74) is 0. The van der Waals surface area contributed by atoms with Crippen LogP contribution in [0.25, 0.3) is 0 Å². The van der Waals surface area contributed by atoms with Gasteiger partial charge in [-0.2, -0.15) is 0 Å². The molecule has 5 heteroatoms. The van der Waals surface area contributed by atoms with E-state index in [1.54, 1.807) is 0 Å². The molecule has 0 bridgehead atoms. The van der Waals surface area contributed by atoms with E-state index in [2.05, 4.69) is 0 Å². The Morgan fingerprint density at radius 2 is 1.00 bits per heavy atom. The molecule has 0 heterocycles. The minimum absolute atomic E-state index is 0. The monoisotopic (exact) mass is 337 g/mol. The Morgan fingerprint density at radius 1 is 1.00 bits per heavy atom. The van der Waals surface area contributed by atoms with Crippen LogP contribution in [-0.2, 0) is 13.5 Å². The zero-order valence-electron chi connectivity index (χ0n) is 2.47. The first-order valence-corrected chi connectivity index (χ1v) is 9.28. The van der Waals surface area contributed by atoms with Crippen LogP contribution in [0, 0.1) is 0 Å². The van der Waals surface area contributed by atoms with Crippen molar-refractivity contribution >= 4 is 80.1 Å². The van der Waals surface area contributed by atoms with E-state index >= 15 is 0 Å². The average molecular weight is 338 g/mol. The molecule has 0 aromatic carbocycles. The summed E-state index contributed by atoms with van der Waals surface area (Å²) in [4.78, 5) is 0. The van der Waals surface area contributed by atoms with Crippen molar-refractivity contribution in [1.82, 2.24) is 0 Å². The Morgan fingerprint density at radius 3 is 1.00 bits per heavy atom. The van der Waals surface area contributed by atoms with E-state index in [0.717, 1.165) is 0 Å². The van der Waals surface area contributed by atoms with Crippen LogP contribution in [0.5, 0.6) is 0 Å². The fourth-order valence-electron chi connectivity index (χ4n) is 0. The second-order valence-corrected chi connectivity index (χ2v) is 10.5. The predicted octanol–water partition coefficient (Wildman–Crippen LogP) is 1.69. The quantitative estimate of drug-likeness (QED) is 0.590. The summed E-state index contributed by atoms with van der Waals surface area (Å²) in [7, 11) is 14.9. The second kappa shape index (κ2) is 7.16. The van der Waals surface area contributed by atoms with E-state index in [0.29, 0.717) is 0 Å². The van der Waals surface area contributed by atoms with Crippen molar-refractivity contribution in [2.24, 2.45) is 0 Å². The Labute approximate surface area is 91.1 Å². The third-order valence-electron chi connectivity index (χ3n) is 0. The van der Waals surface area contributed by atoms with Gasteiger partial charge in [0.1, 0.15) is 0 Å². The molecule has 0 spiro atoms. The van der Waals surface area contributed by atoms with E-state index in [4.69, 9.17) is 28.8 Å². The van der Waals surface area contributed by atoms with Crippen LogP contribution >= 0.6 is 28.8 Å². The molecule has 0 atom stereocenters. The standard InChI is InChI=1S/3ClH.Ir.K/h3*1H;;/q;;;+3;/p-3. The van der Waals surface area contributed by atoms with Crippen molar-refractivity contribution in [2.75, 3.05) is 0 Å². The maximum atomic E-state index is 4.97. The van der Waals surface area contributed by atoms with Gasteiger partial charge in [0, 0.05) is 51.4 Å². The molecule has 0 aromatic heterocycles. The van der Waals surface area contributed by atoms with Gasteiger partial charge in [-0.15, -0.1) is 0 Å². The first kappa shape index (κ1) is 11.0. The molecule has 1 radical (unpaired) electrons. The smallest absolute Gasteiger partial charge is 0 e. The summed E-state index contributed by atoms with van der Waals surface area (Å²) >= 11 is -1.92. The van der Waals surface area contributed by atoms with Crippen LogP contribution in [0.15, 0.2) is 0 Å². The fourth-order valence-corrected chi connectivity index (χ4v) is 0. The average Bonchev–Trinajstić information content (AvgIpc) is 0.811. The van der Waals surface area contributed by atoms with Crippen molar-refractivity contribution in [3.63, 3.8) is 0 Å². The van der Waals surface area contributed by atoms with Crippen LogP contribution in [0.2, 0.25) is 0 Å². The molecule has 0 aliphatic heterocycles. The molecule has 0 N–H and O–H groups in total. The first-order valence-electron chi connectivity index (χ1n) is 0.378. The molecule has 0 nitrogen and oxygen atoms in total. The van der Waals surface area contributed by atoms with Gasteiger partial charge in [-0.3, -0.25) is 0 Å². The molecule has 0 aliphatic rings. The topological polar surface area (TPSA) is 0 Å². The van der Waals surface area contributed by atoms with Gasteiger partial charge in [0.2, 0.25) is 0 Å². The maximum Gasteiger partial charge on any atom is 0 e. The van der Waals surface area contributed by atoms with Gasteiger partial charge in [0.15, 0.2) is 0 Å². The molecule has 0 amide bonds. The normalized spacial score (nSPS) is 9.00. The van der Waals surface area contributed by atoms with Gasteiger partial charge in [-0.1, -0.05) is 0 Å². The van der Waals surface area contributed by atoms with Gasteiger partial charge in [0.25, 0.3) is 0 Å². The minimum Gasteiger partial charge on any atom is 0 e. The molecule has 5 heavy (non-hydrogen) atoms. The molecule has 0 fully saturated rings. The zero-order chi connectivity index (χ0) is 3.58. The third-order valence-corrected chi connectivity index (χ3v) is 0. The maximum absolute atomic E-state index is 4.97. The molecule has 0 saturated carbocycles. The molecular formula is Cl3IrK. The van der Waals surface area contributed by atoms with E-state index < -0.39 is 13.5 Å². The van der Waals surface area contributed by atoms with E-state index in [-0.39, 0.29) is 51.4 Å². The summed E-state index contributed by atoms with van der Waals surface area (Å²) in [5.74, 6) is 0. The van der Waals surface area contributed by atoms with Gasteiger partial charge < -0.3 is 0 Å². The Balaban J connectivity index is 0. The van der Waals surface area contributed by atoms with Crippen molar-refractivity contribution in [2.45, 2.75) is 0 Å². The van der Waals surface area contributed by atoms with Crippen LogP contribution in [0.4, 0.5) is 0 Å². The molecule has 0 saturated heterocycles. The van der Waals surface area contributed by atoms with Crippen molar-refractivity contribution in [1.29, 1.82) is 0 Å². The summed E-state index contributed by atoms with van der Waals surface area (Å²) in [5, 5.41) is 0. The zero-order valence-corrected chi connectivity index (χ0v) is 10.3. The van der Waals surface area contributed by atoms with Gasteiger partial charge >= 0.3 is 42.2 Å². The van der Waals surface area contributed by atoms with Gasteiger partial charge in [-0.25, -0.2) is 0 Å². The van der Waals surface area contributed by atoms with Crippen LogP contribution in [0.3, 0.4) is 0 Å². The molecule has 31 valence electrons. The number of halogens is 3. The number of rotatable bonds is 0. The Bertz CT molecular complexity index is 11.6. The summed E-state index contributed by atoms with van der Waals surface area (Å²) < 4.78 is 0. The second-order valence-electron chi connectivity index (χ2n) is 0.143. The summed E-state index contributed by atoms with van der Waals surface area (Å²) in [6.45, 7) is 0. The molecule has 0 unspecified atom stereocenters. The Hall–Kier alpha value is 3.16. The molecule has 0 rings (SSSR count). The van der Waals surface area contributed by atoms with E-state index in [9.17, 15) is 0 Å². The van der Waals surface area contributed by atoms with Crippen LogP contribution < -0.4 is 0 Å². The van der Waals surface area contributed by atoms with Gasteiger partial charge in [0.05, 0.1) is 0 Å². The number of hydrogen-bond donors (Lipinski definition) is 0. The molecule has 0 aromatic rings. The van der Waals surface area contributed by atoms with E-state index in [1.165, 1.54) is 0 Å². The molecular weight excluding hydrogens is 338 g/mol. The SMILES string of the molecule is [Cl][Ir]([Cl])[Cl].[K]. The fraction of sp³-hybridized carbons (Fsp3) is 0. The van der Waals surface area contributed by atoms with Gasteiger partial charge in [-0.05, 0) is 0 Å². The summed E-state index contributed by atoms with van der Waals surface area (Å²) in [6.07, 6.45) is 0. The largest absolute Gasteiger partial charge is 0 e. The molecule has 0 aliphatic carbocycles.